The molecule has 0 aliphatic carbocycles. The van der Waals surface area contributed by atoms with E-state index in [-0.39, 0.29) is 30.5 Å². The second-order valence-corrected chi connectivity index (χ2v) is 8.13. The van der Waals surface area contributed by atoms with Crippen molar-refractivity contribution < 1.29 is 28.2 Å². The topological polar surface area (TPSA) is 80.3 Å². The number of para-hydroxylation sites is 1. The third-order valence-electron chi connectivity index (χ3n) is 5.91. The first-order valence-corrected chi connectivity index (χ1v) is 11.6. The summed E-state index contributed by atoms with van der Waals surface area (Å²) in [5, 5.41) is 2.91. The minimum atomic E-state index is -0.615. The van der Waals surface area contributed by atoms with Gasteiger partial charge in [-0.2, -0.15) is 0 Å². The minimum absolute atomic E-state index is 0.00825. The van der Waals surface area contributed by atoms with Gasteiger partial charge in [-0.25, -0.2) is 4.39 Å². The first-order valence-electron chi connectivity index (χ1n) is 11.6. The van der Waals surface area contributed by atoms with Crippen LogP contribution in [0.25, 0.3) is 0 Å². The van der Waals surface area contributed by atoms with Gasteiger partial charge in [-0.05, 0) is 26.0 Å². The molecule has 2 saturated heterocycles. The predicted molar refractivity (Wildman–Crippen MR) is 127 cm³/mol. The number of amides is 2. The van der Waals surface area contributed by atoms with Crippen LogP contribution in [0, 0.1) is 11.7 Å². The first-order chi connectivity index (χ1) is 16.5. The van der Waals surface area contributed by atoms with Crippen molar-refractivity contribution in [1.29, 1.82) is 0 Å². The van der Waals surface area contributed by atoms with E-state index < -0.39 is 11.7 Å². The van der Waals surface area contributed by atoms with Crippen molar-refractivity contribution in [2.24, 2.45) is 5.92 Å². The maximum Gasteiger partial charge on any atom is 0.229 e. The van der Waals surface area contributed by atoms with Crippen molar-refractivity contribution >= 4 is 28.9 Å². The Kier molecular flexibility index (Phi) is 7.52. The molecule has 9 heteroatoms. The van der Waals surface area contributed by atoms with Gasteiger partial charge in [0.05, 0.1) is 49.4 Å². The average molecular weight is 472 g/mol. The Bertz CT molecular complexity index is 1040. The monoisotopic (exact) mass is 471 g/mol. The lowest BCUT2D eigenvalue weighted by Crippen LogP contribution is -2.36. The molecule has 1 atom stereocenters. The Hall–Kier alpha value is -3.33. The van der Waals surface area contributed by atoms with Crippen LogP contribution in [0.15, 0.2) is 36.4 Å². The van der Waals surface area contributed by atoms with E-state index in [0.717, 1.165) is 18.8 Å². The molecule has 1 N–H and O–H groups in total. The molecule has 2 amide bonds. The molecule has 8 nitrogen and oxygen atoms in total. The van der Waals surface area contributed by atoms with Gasteiger partial charge in [0.25, 0.3) is 0 Å². The van der Waals surface area contributed by atoms with Gasteiger partial charge in [0.1, 0.15) is 17.3 Å². The summed E-state index contributed by atoms with van der Waals surface area (Å²) in [4.78, 5) is 29.2. The summed E-state index contributed by atoms with van der Waals surface area (Å²) >= 11 is 0. The Morgan fingerprint density at radius 1 is 1.09 bits per heavy atom. The van der Waals surface area contributed by atoms with Crippen LogP contribution in [0.1, 0.15) is 20.3 Å². The molecule has 2 heterocycles. The maximum absolute atomic E-state index is 14.2. The molecular formula is C25H30FN3O5. The lowest BCUT2D eigenvalue weighted by molar-refractivity contribution is -0.122. The molecule has 0 radical (unpaired) electrons. The van der Waals surface area contributed by atoms with Crippen LogP contribution in [-0.4, -0.2) is 57.9 Å². The van der Waals surface area contributed by atoms with Crippen LogP contribution >= 0.6 is 0 Å². The Labute approximate surface area is 198 Å². The number of morpholine rings is 1. The summed E-state index contributed by atoms with van der Waals surface area (Å²) in [6.45, 7) is 7.48. The summed E-state index contributed by atoms with van der Waals surface area (Å²) in [7, 11) is 0. The van der Waals surface area contributed by atoms with Crippen LogP contribution in [0.3, 0.4) is 0 Å². The molecule has 0 bridgehead atoms. The van der Waals surface area contributed by atoms with Crippen LogP contribution in [-0.2, 0) is 14.3 Å². The van der Waals surface area contributed by atoms with Gasteiger partial charge in [-0.15, -0.1) is 0 Å². The number of rotatable bonds is 8. The summed E-state index contributed by atoms with van der Waals surface area (Å²) in [5.41, 5.74) is 1.55. The molecule has 0 spiro atoms. The van der Waals surface area contributed by atoms with Crippen LogP contribution in [0.2, 0.25) is 0 Å². The van der Waals surface area contributed by atoms with Gasteiger partial charge in [-0.3, -0.25) is 9.59 Å². The zero-order chi connectivity index (χ0) is 24.1. The number of nitrogens with one attached hydrogen (secondary N) is 1. The van der Waals surface area contributed by atoms with Gasteiger partial charge < -0.3 is 29.3 Å². The first kappa shape index (κ1) is 23.8. The van der Waals surface area contributed by atoms with E-state index in [1.165, 1.54) is 11.0 Å². The highest BCUT2D eigenvalue weighted by molar-refractivity contribution is 6.04. The minimum Gasteiger partial charge on any atom is -0.492 e. The van der Waals surface area contributed by atoms with E-state index in [0.29, 0.717) is 43.6 Å². The third-order valence-corrected chi connectivity index (χ3v) is 5.91. The van der Waals surface area contributed by atoms with E-state index in [1.807, 2.05) is 19.9 Å². The van der Waals surface area contributed by atoms with Gasteiger partial charge in [-0.1, -0.05) is 12.1 Å². The Balaban J connectivity index is 1.56. The number of ether oxygens (including phenoxy) is 3. The molecule has 2 aromatic rings. The van der Waals surface area contributed by atoms with E-state index in [4.69, 9.17) is 14.2 Å². The van der Waals surface area contributed by atoms with Gasteiger partial charge in [0.15, 0.2) is 0 Å². The highest BCUT2D eigenvalue weighted by Gasteiger charge is 2.36. The summed E-state index contributed by atoms with van der Waals surface area (Å²) in [6, 6.07) is 9.71. The van der Waals surface area contributed by atoms with Gasteiger partial charge in [0, 0.05) is 38.2 Å². The molecule has 182 valence electrons. The van der Waals surface area contributed by atoms with Crippen LogP contribution < -0.4 is 24.6 Å². The number of benzene rings is 2. The van der Waals surface area contributed by atoms with Crippen molar-refractivity contribution in [2.45, 2.75) is 20.3 Å². The fourth-order valence-electron chi connectivity index (χ4n) is 4.27. The van der Waals surface area contributed by atoms with Crippen molar-refractivity contribution in [2.75, 3.05) is 61.2 Å². The van der Waals surface area contributed by atoms with E-state index >= 15 is 0 Å². The molecule has 2 aliphatic heterocycles. The van der Waals surface area contributed by atoms with Gasteiger partial charge >= 0.3 is 0 Å². The molecule has 2 aliphatic rings. The quantitative estimate of drug-likeness (QED) is 0.635. The second kappa shape index (κ2) is 10.7. The number of hydrogen-bond donors (Lipinski definition) is 1. The van der Waals surface area contributed by atoms with E-state index in [2.05, 4.69) is 10.2 Å². The number of halogens is 1. The smallest absolute Gasteiger partial charge is 0.229 e. The average Bonchev–Trinajstić information content (AvgIpc) is 3.23. The fraction of sp³-hybridized carbons (Fsp3) is 0.440. The molecular weight excluding hydrogens is 441 g/mol. The largest absolute Gasteiger partial charge is 0.492 e. The predicted octanol–water partition coefficient (Wildman–Crippen LogP) is 3.45. The zero-order valence-electron chi connectivity index (χ0n) is 19.5. The molecule has 2 fully saturated rings. The van der Waals surface area contributed by atoms with E-state index in [9.17, 15) is 14.0 Å². The standard InChI is InChI=1S/C25H30FN3O5/c1-3-33-22-15-21(28-9-11-32-12-10-28)23(34-4-2)14-19(22)27-25(31)17-13-24(30)29(16-17)20-8-6-5-7-18(20)26/h5-8,14-15,17H,3-4,9-13,16H2,1-2H3,(H,27,31). The van der Waals surface area contributed by atoms with Gasteiger partial charge in [0.2, 0.25) is 11.8 Å². The van der Waals surface area contributed by atoms with Crippen molar-refractivity contribution in [3.05, 3.63) is 42.2 Å². The maximum atomic E-state index is 14.2. The molecule has 0 aromatic heterocycles. The summed E-state index contributed by atoms with van der Waals surface area (Å²) < 4.78 is 31.4. The number of anilines is 3. The van der Waals surface area contributed by atoms with Crippen molar-refractivity contribution in [3.8, 4) is 11.5 Å². The number of carbonyl (C=O) groups is 2. The SMILES string of the molecule is CCOc1cc(N2CCOCC2)c(OCC)cc1NC(=O)C1CC(=O)N(c2ccccc2F)C1. The highest BCUT2D eigenvalue weighted by Crippen LogP contribution is 2.40. The molecule has 34 heavy (non-hydrogen) atoms. The third kappa shape index (κ3) is 5.09. The lowest BCUT2D eigenvalue weighted by atomic mass is 10.1. The van der Waals surface area contributed by atoms with Crippen LogP contribution in [0.4, 0.5) is 21.5 Å². The normalized spacial score (nSPS) is 18.2. The summed E-state index contributed by atoms with van der Waals surface area (Å²) in [6.07, 6.45) is 0.00825. The van der Waals surface area contributed by atoms with Crippen LogP contribution in [0.5, 0.6) is 11.5 Å². The number of nitrogens with zero attached hydrogens (tertiary/aromatic N) is 2. The molecule has 2 aromatic carbocycles. The van der Waals surface area contributed by atoms with Crippen molar-refractivity contribution in [1.82, 2.24) is 0 Å². The Morgan fingerprint density at radius 3 is 2.50 bits per heavy atom. The highest BCUT2D eigenvalue weighted by atomic mass is 19.1. The van der Waals surface area contributed by atoms with E-state index in [1.54, 1.807) is 24.3 Å². The molecule has 4 rings (SSSR count). The Morgan fingerprint density at radius 2 is 1.79 bits per heavy atom. The fourth-order valence-corrected chi connectivity index (χ4v) is 4.27. The zero-order valence-corrected chi connectivity index (χ0v) is 19.5. The molecule has 0 saturated carbocycles. The number of hydrogen-bond acceptors (Lipinski definition) is 6. The summed E-state index contributed by atoms with van der Waals surface area (Å²) in [5.74, 6) is -0.552. The lowest BCUT2D eigenvalue weighted by Gasteiger charge is -2.31. The van der Waals surface area contributed by atoms with Crippen molar-refractivity contribution in [3.63, 3.8) is 0 Å². The number of carbonyl (C=O) groups excluding carboxylic acids is 2. The second-order valence-electron chi connectivity index (χ2n) is 8.13. The molecule has 1 unspecified atom stereocenters.